The molecule has 19 heavy (non-hydrogen) atoms. The lowest BCUT2D eigenvalue weighted by Crippen LogP contribution is -2.32. The number of nitrogens with two attached hydrogens (primary N) is 1. The van der Waals surface area contributed by atoms with Crippen LogP contribution in [0.3, 0.4) is 0 Å². The molecule has 0 radical (unpaired) electrons. The maximum atomic E-state index is 12.2. The maximum absolute atomic E-state index is 12.2. The van der Waals surface area contributed by atoms with E-state index >= 15 is 0 Å². The first kappa shape index (κ1) is 16.2. The van der Waals surface area contributed by atoms with Gasteiger partial charge in [0.2, 0.25) is 0 Å². The van der Waals surface area contributed by atoms with Crippen molar-refractivity contribution in [3.63, 3.8) is 0 Å². The summed E-state index contributed by atoms with van der Waals surface area (Å²) in [5.74, 6) is 0.0151. The van der Waals surface area contributed by atoms with Gasteiger partial charge in [0.15, 0.2) is 9.84 Å². The van der Waals surface area contributed by atoms with Crippen LogP contribution in [0.15, 0.2) is 23.1 Å². The van der Waals surface area contributed by atoms with E-state index in [9.17, 15) is 12.6 Å². The molecule has 0 saturated heterocycles. The van der Waals surface area contributed by atoms with Crippen molar-refractivity contribution in [2.24, 2.45) is 0 Å². The van der Waals surface area contributed by atoms with E-state index in [1.807, 2.05) is 6.92 Å². The number of nitrogen functional groups attached to an aromatic ring is 1. The number of benzene rings is 1. The quantitative estimate of drug-likeness (QED) is 0.862. The van der Waals surface area contributed by atoms with E-state index in [1.165, 1.54) is 0 Å². The Kier molecular flexibility index (Phi) is 4.79. The fourth-order valence-corrected chi connectivity index (χ4v) is 4.47. The average molecular weight is 303 g/mol. The second kappa shape index (κ2) is 5.63. The molecule has 0 aliphatic heterocycles. The minimum atomic E-state index is -3.25. The Balaban J connectivity index is 2.85. The van der Waals surface area contributed by atoms with E-state index in [-0.39, 0.29) is 11.5 Å². The topological polar surface area (TPSA) is 77.2 Å². The van der Waals surface area contributed by atoms with Crippen molar-refractivity contribution in [1.29, 1.82) is 0 Å². The molecule has 0 fully saturated rings. The molecular formula is C13H21NO3S2. The first-order valence-electron chi connectivity index (χ1n) is 6.01. The summed E-state index contributed by atoms with van der Waals surface area (Å²) < 4.78 is 35.3. The van der Waals surface area contributed by atoms with Gasteiger partial charge in [0.05, 0.1) is 21.3 Å². The summed E-state index contributed by atoms with van der Waals surface area (Å²) in [5.41, 5.74) is 7.06. The monoisotopic (exact) mass is 303 g/mol. The molecule has 1 rings (SSSR count). The second-order valence-electron chi connectivity index (χ2n) is 5.51. The predicted octanol–water partition coefficient (Wildman–Crippen LogP) is 1.90. The van der Waals surface area contributed by atoms with Crippen molar-refractivity contribution in [3.8, 4) is 0 Å². The molecule has 1 aromatic carbocycles. The summed E-state index contributed by atoms with van der Waals surface area (Å²) in [7, 11) is -4.59. The van der Waals surface area contributed by atoms with Crippen LogP contribution in [0, 0.1) is 6.92 Å². The van der Waals surface area contributed by atoms with Crippen molar-refractivity contribution in [1.82, 2.24) is 0 Å². The van der Waals surface area contributed by atoms with E-state index < -0.39 is 25.4 Å². The van der Waals surface area contributed by atoms with Crippen LogP contribution in [-0.4, -0.2) is 28.9 Å². The smallest absolute Gasteiger partial charge is 0.156 e. The van der Waals surface area contributed by atoms with Crippen molar-refractivity contribution in [3.05, 3.63) is 23.8 Å². The molecule has 0 bridgehead atoms. The molecule has 0 heterocycles. The third-order valence-electron chi connectivity index (χ3n) is 2.93. The highest BCUT2D eigenvalue weighted by Gasteiger charge is 2.29. The van der Waals surface area contributed by atoms with Gasteiger partial charge in [-0.3, -0.25) is 4.21 Å². The predicted molar refractivity (Wildman–Crippen MR) is 80.4 cm³/mol. The van der Waals surface area contributed by atoms with Crippen molar-refractivity contribution in [2.75, 3.05) is 17.2 Å². The minimum Gasteiger partial charge on any atom is -0.399 e. The highest BCUT2D eigenvalue weighted by molar-refractivity contribution is 7.94. The highest BCUT2D eigenvalue weighted by atomic mass is 32.2. The normalized spacial score (nSPS) is 14.3. The zero-order valence-electron chi connectivity index (χ0n) is 11.8. The standard InChI is InChI=1S/C13H21NO3S2/c1-10-5-6-11(14)9-12(10)18(15)7-8-19(16,17)13(2,3)4/h5-6,9H,7-8,14H2,1-4H3. The Labute approximate surface area is 117 Å². The zero-order chi connectivity index (χ0) is 14.8. The summed E-state index contributed by atoms with van der Waals surface area (Å²) in [6.45, 7) is 6.79. The number of aryl methyl sites for hydroxylation is 1. The van der Waals surface area contributed by atoms with E-state index in [2.05, 4.69) is 0 Å². The van der Waals surface area contributed by atoms with Crippen LogP contribution >= 0.6 is 0 Å². The van der Waals surface area contributed by atoms with E-state index in [0.717, 1.165) is 5.56 Å². The van der Waals surface area contributed by atoms with Crippen LogP contribution in [0.1, 0.15) is 26.3 Å². The largest absolute Gasteiger partial charge is 0.399 e. The molecule has 4 nitrogen and oxygen atoms in total. The molecule has 1 atom stereocenters. The Morgan fingerprint density at radius 2 is 1.84 bits per heavy atom. The first-order chi connectivity index (χ1) is 8.54. The number of hydrogen-bond acceptors (Lipinski definition) is 4. The Hall–Kier alpha value is -0.880. The van der Waals surface area contributed by atoms with Gasteiger partial charge >= 0.3 is 0 Å². The van der Waals surface area contributed by atoms with E-state index in [1.54, 1.807) is 39.0 Å². The molecule has 108 valence electrons. The van der Waals surface area contributed by atoms with Crippen LogP contribution in [0.4, 0.5) is 5.69 Å². The van der Waals surface area contributed by atoms with Gasteiger partial charge in [-0.2, -0.15) is 0 Å². The van der Waals surface area contributed by atoms with Gasteiger partial charge in [-0.05, 0) is 45.4 Å². The summed E-state index contributed by atoms with van der Waals surface area (Å²) in [4.78, 5) is 0.615. The molecular weight excluding hydrogens is 282 g/mol. The Morgan fingerprint density at radius 1 is 1.26 bits per heavy atom. The first-order valence-corrected chi connectivity index (χ1v) is 8.98. The van der Waals surface area contributed by atoms with Crippen molar-refractivity contribution in [2.45, 2.75) is 37.3 Å². The lowest BCUT2D eigenvalue weighted by Gasteiger charge is -2.19. The third-order valence-corrected chi connectivity index (χ3v) is 7.30. The van der Waals surface area contributed by atoms with Gasteiger partial charge in [-0.1, -0.05) is 6.07 Å². The van der Waals surface area contributed by atoms with Gasteiger partial charge in [-0.15, -0.1) is 0 Å². The molecule has 0 aliphatic carbocycles. The van der Waals surface area contributed by atoms with Crippen LogP contribution in [0.25, 0.3) is 0 Å². The summed E-state index contributed by atoms with van der Waals surface area (Å²) in [6, 6.07) is 5.18. The summed E-state index contributed by atoms with van der Waals surface area (Å²) >= 11 is 0. The number of rotatable bonds is 4. The van der Waals surface area contributed by atoms with E-state index in [4.69, 9.17) is 5.73 Å². The minimum absolute atomic E-state index is 0.0860. The van der Waals surface area contributed by atoms with Gasteiger partial charge in [0, 0.05) is 16.3 Å². The van der Waals surface area contributed by atoms with Gasteiger partial charge in [-0.25, -0.2) is 8.42 Å². The lowest BCUT2D eigenvalue weighted by atomic mass is 10.2. The summed E-state index contributed by atoms with van der Waals surface area (Å²) in [6.07, 6.45) is 0. The molecule has 0 amide bonds. The second-order valence-corrected chi connectivity index (χ2v) is 9.91. The van der Waals surface area contributed by atoms with Gasteiger partial charge < -0.3 is 5.73 Å². The van der Waals surface area contributed by atoms with Crippen molar-refractivity contribution < 1.29 is 12.6 Å². The number of anilines is 1. The molecule has 2 N–H and O–H groups in total. The van der Waals surface area contributed by atoms with Gasteiger partial charge in [0.25, 0.3) is 0 Å². The zero-order valence-corrected chi connectivity index (χ0v) is 13.4. The third kappa shape index (κ3) is 4.04. The van der Waals surface area contributed by atoms with E-state index in [0.29, 0.717) is 10.6 Å². The fourth-order valence-electron chi connectivity index (χ4n) is 1.46. The summed E-state index contributed by atoms with van der Waals surface area (Å²) in [5, 5.41) is 0. The number of hydrogen-bond donors (Lipinski definition) is 1. The van der Waals surface area contributed by atoms with Crippen LogP contribution in [-0.2, 0) is 20.6 Å². The SMILES string of the molecule is Cc1ccc(N)cc1S(=O)CCS(=O)(=O)C(C)(C)C. The van der Waals surface area contributed by atoms with Crippen LogP contribution in [0.5, 0.6) is 0 Å². The molecule has 0 spiro atoms. The van der Waals surface area contributed by atoms with Crippen LogP contribution in [0.2, 0.25) is 0 Å². The molecule has 0 aliphatic rings. The lowest BCUT2D eigenvalue weighted by molar-refractivity contribution is 0.561. The van der Waals surface area contributed by atoms with Gasteiger partial charge in [0.1, 0.15) is 0 Å². The maximum Gasteiger partial charge on any atom is 0.156 e. The number of sulfone groups is 1. The van der Waals surface area contributed by atoms with Crippen LogP contribution < -0.4 is 5.73 Å². The molecule has 0 saturated carbocycles. The van der Waals surface area contributed by atoms with Crippen molar-refractivity contribution >= 4 is 26.3 Å². The molecule has 1 unspecified atom stereocenters. The Bertz CT molecular complexity index is 586. The Morgan fingerprint density at radius 3 is 2.37 bits per heavy atom. The fraction of sp³-hybridized carbons (Fsp3) is 0.538. The highest BCUT2D eigenvalue weighted by Crippen LogP contribution is 2.20. The molecule has 6 heteroatoms. The average Bonchev–Trinajstić information content (AvgIpc) is 2.28. The molecule has 1 aromatic rings. The molecule has 0 aromatic heterocycles.